The van der Waals surface area contributed by atoms with Gasteiger partial charge in [0.15, 0.2) is 0 Å². The van der Waals surface area contributed by atoms with Crippen LogP contribution in [0.3, 0.4) is 0 Å². The van der Waals surface area contributed by atoms with Crippen LogP contribution in [0.1, 0.15) is 212 Å². The number of quaternary nitrogens is 1. The Labute approximate surface area is 364 Å². The van der Waals surface area contributed by atoms with E-state index in [1.54, 1.807) is 0 Å². The molecule has 1 N–H and O–H groups in total. The molecule has 2 unspecified atom stereocenters. The third-order valence-corrected chi connectivity index (χ3v) is 11.6. The number of ether oxygens (including phenoxy) is 1. The van der Waals surface area contributed by atoms with Gasteiger partial charge in [-0.05, 0) is 44.9 Å². The molecule has 59 heavy (non-hydrogen) atoms. The number of rotatable bonds is 45. The molecular formula is C50H94NO7P. The second-order valence-corrected chi connectivity index (χ2v) is 19.1. The van der Waals surface area contributed by atoms with E-state index in [1.165, 1.54) is 154 Å². The molecule has 2 atom stereocenters. The smallest absolute Gasteiger partial charge is 0.305 e. The van der Waals surface area contributed by atoms with Crippen molar-refractivity contribution in [2.24, 2.45) is 0 Å². The molecule has 0 aromatic carbocycles. The summed E-state index contributed by atoms with van der Waals surface area (Å²) < 4.78 is 26.9. The van der Waals surface area contributed by atoms with Gasteiger partial charge in [0.2, 0.25) is 0 Å². The molecule has 0 saturated carbocycles. The predicted molar refractivity (Wildman–Crippen MR) is 249 cm³/mol. The second-order valence-electron chi connectivity index (χ2n) is 17.7. The number of aliphatic hydroxyl groups excluding tert-OH is 1. The van der Waals surface area contributed by atoms with E-state index in [-0.39, 0.29) is 19.2 Å². The third-order valence-electron chi connectivity index (χ3n) is 10.6. The van der Waals surface area contributed by atoms with Gasteiger partial charge in [-0.2, -0.15) is 0 Å². The molecular weight excluding hydrogens is 758 g/mol. The van der Waals surface area contributed by atoms with Crippen LogP contribution in [0.15, 0.2) is 48.6 Å². The topological polar surface area (TPSA) is 105 Å². The number of phosphoric ester groups is 1. The number of nitrogens with zero attached hydrogens (tertiary/aromatic N) is 1. The Morgan fingerprint density at radius 1 is 0.542 bits per heavy atom. The highest BCUT2D eigenvalue weighted by molar-refractivity contribution is 7.45. The molecule has 8 nitrogen and oxygen atoms in total. The number of likely N-dealkylation sites (N-methyl/N-ethyl adjacent to an activating group) is 1. The van der Waals surface area contributed by atoms with Crippen LogP contribution in [-0.2, 0) is 23.1 Å². The van der Waals surface area contributed by atoms with Gasteiger partial charge in [0.05, 0.1) is 27.7 Å². The van der Waals surface area contributed by atoms with Gasteiger partial charge in [0, 0.05) is 6.42 Å². The summed E-state index contributed by atoms with van der Waals surface area (Å²) in [6.07, 6.45) is 57.5. The number of phosphoric acid groups is 1. The van der Waals surface area contributed by atoms with Crippen LogP contribution >= 0.6 is 7.82 Å². The first-order valence-corrected chi connectivity index (χ1v) is 25.9. The lowest BCUT2D eigenvalue weighted by Gasteiger charge is -2.27. The molecule has 346 valence electrons. The quantitative estimate of drug-likeness (QED) is 0.0214. The average molecular weight is 852 g/mol. The van der Waals surface area contributed by atoms with Gasteiger partial charge in [-0.1, -0.05) is 210 Å². The van der Waals surface area contributed by atoms with Gasteiger partial charge in [-0.25, -0.2) is 0 Å². The average Bonchev–Trinajstić information content (AvgIpc) is 3.19. The number of esters is 1. The highest BCUT2D eigenvalue weighted by Gasteiger charge is 2.17. The summed E-state index contributed by atoms with van der Waals surface area (Å²) in [5.74, 6) is -0.383. The second kappa shape index (κ2) is 43.1. The minimum absolute atomic E-state index is 0.00701. The Morgan fingerprint density at radius 2 is 0.898 bits per heavy atom. The highest BCUT2D eigenvalue weighted by atomic mass is 31.2. The van der Waals surface area contributed by atoms with E-state index in [2.05, 4.69) is 55.5 Å². The number of hydrogen-bond acceptors (Lipinski definition) is 7. The molecule has 0 spiro atoms. The van der Waals surface area contributed by atoms with Crippen molar-refractivity contribution in [2.75, 3.05) is 47.5 Å². The van der Waals surface area contributed by atoms with Gasteiger partial charge in [0.1, 0.15) is 25.9 Å². The zero-order valence-corrected chi connectivity index (χ0v) is 39.8. The van der Waals surface area contributed by atoms with Crippen LogP contribution < -0.4 is 4.89 Å². The first-order chi connectivity index (χ1) is 28.6. The minimum Gasteiger partial charge on any atom is -0.756 e. The Hall–Kier alpha value is -1.54. The summed E-state index contributed by atoms with van der Waals surface area (Å²) in [5, 5.41) is 9.90. The summed E-state index contributed by atoms with van der Waals surface area (Å²) >= 11 is 0. The van der Waals surface area contributed by atoms with Crippen molar-refractivity contribution in [3.8, 4) is 0 Å². The van der Waals surface area contributed by atoms with Gasteiger partial charge in [0.25, 0.3) is 7.82 Å². The maximum Gasteiger partial charge on any atom is 0.305 e. The Kier molecular flexibility index (Phi) is 42.0. The van der Waals surface area contributed by atoms with Crippen LogP contribution in [-0.4, -0.2) is 69.2 Å². The molecule has 0 aliphatic heterocycles. The molecule has 0 aliphatic carbocycles. The van der Waals surface area contributed by atoms with Gasteiger partial charge >= 0.3 is 5.97 Å². The van der Waals surface area contributed by atoms with E-state index in [0.29, 0.717) is 17.4 Å². The molecule has 0 saturated heterocycles. The van der Waals surface area contributed by atoms with Crippen LogP contribution in [0.2, 0.25) is 0 Å². The van der Waals surface area contributed by atoms with E-state index in [9.17, 15) is 19.4 Å². The van der Waals surface area contributed by atoms with Gasteiger partial charge < -0.3 is 28.3 Å². The summed E-state index contributed by atoms with van der Waals surface area (Å²) in [5.41, 5.74) is 0. The number of aliphatic hydroxyl groups is 1. The van der Waals surface area contributed by atoms with Crippen LogP contribution in [0.5, 0.6) is 0 Å². The molecule has 0 rings (SSSR count). The van der Waals surface area contributed by atoms with E-state index < -0.39 is 20.5 Å². The van der Waals surface area contributed by atoms with Crippen molar-refractivity contribution in [3.05, 3.63) is 48.6 Å². The minimum atomic E-state index is -4.50. The molecule has 0 radical (unpaired) electrons. The number of carbonyl (C=O) groups excluding carboxylic acids is 1. The lowest BCUT2D eigenvalue weighted by molar-refractivity contribution is -0.870. The van der Waals surface area contributed by atoms with Crippen LogP contribution in [0.4, 0.5) is 0 Å². The van der Waals surface area contributed by atoms with Crippen molar-refractivity contribution in [1.82, 2.24) is 0 Å². The van der Waals surface area contributed by atoms with Crippen molar-refractivity contribution < 1.29 is 37.6 Å². The fourth-order valence-electron chi connectivity index (χ4n) is 6.82. The summed E-state index contributed by atoms with van der Waals surface area (Å²) in [6, 6.07) is 0. The van der Waals surface area contributed by atoms with Crippen LogP contribution in [0, 0.1) is 0 Å². The van der Waals surface area contributed by atoms with Crippen molar-refractivity contribution in [3.63, 3.8) is 0 Å². The molecule has 0 heterocycles. The molecule has 0 aromatic heterocycles. The largest absolute Gasteiger partial charge is 0.756 e. The first kappa shape index (κ1) is 57.5. The zero-order valence-electron chi connectivity index (χ0n) is 38.9. The van der Waals surface area contributed by atoms with Gasteiger partial charge in [-0.15, -0.1) is 0 Å². The summed E-state index contributed by atoms with van der Waals surface area (Å²) in [6.45, 7) is 1.86. The van der Waals surface area contributed by atoms with E-state index in [1.807, 2.05) is 21.1 Å². The Morgan fingerprint density at radius 3 is 1.29 bits per heavy atom. The maximum atomic E-state index is 12.0. The van der Waals surface area contributed by atoms with Crippen molar-refractivity contribution >= 4 is 13.8 Å². The monoisotopic (exact) mass is 852 g/mol. The Balaban J connectivity index is 3.32. The normalized spacial score (nSPS) is 14.1. The molecule has 0 fully saturated rings. The number of hydrogen-bond donors (Lipinski definition) is 1. The fraction of sp³-hybridized carbons (Fsp3) is 0.820. The lowest BCUT2D eigenvalue weighted by Crippen LogP contribution is -2.37. The molecule has 0 bridgehead atoms. The van der Waals surface area contributed by atoms with Crippen molar-refractivity contribution in [1.29, 1.82) is 0 Å². The number of unbranched alkanes of at least 4 members (excludes halogenated alkanes) is 26. The number of carbonyl (C=O) groups is 1. The van der Waals surface area contributed by atoms with E-state index >= 15 is 0 Å². The molecule has 0 amide bonds. The number of allylic oxidation sites excluding steroid dienone is 8. The summed E-state index contributed by atoms with van der Waals surface area (Å²) in [4.78, 5) is 23.7. The summed E-state index contributed by atoms with van der Waals surface area (Å²) in [7, 11) is 1.26. The molecule has 0 aliphatic rings. The standard InChI is InChI=1S/C50H94NO7P/c1-5-6-7-8-9-10-11-12-13-14-15-16-17-18-19-20-21-22-23-24-25-26-27-28-29-30-31-32-33-34-35-36-37-38-39-40-41-42-43-44-50(53)56-47-49(52)48-58-59(54,55)57-46-45-51(2,3)4/h6-7,9-10,12-13,15-16,49,52H,5,8,11,14,17-48H2,1-4H3/b7-6-,10-9-,13-12-,16-15-. The predicted octanol–water partition coefficient (Wildman–Crippen LogP) is 13.8. The molecule has 9 heteroatoms. The lowest BCUT2D eigenvalue weighted by atomic mass is 10.0. The maximum absolute atomic E-state index is 12.0. The SMILES string of the molecule is CC/C=C\C/C=C\C/C=C\C/C=C\CCCCCCCCCCCCCCCCCCCCCCCCCCCCC(=O)OCC(O)COP(=O)([O-])OCC[N+](C)(C)C. The van der Waals surface area contributed by atoms with Gasteiger partial charge in [-0.3, -0.25) is 9.36 Å². The van der Waals surface area contributed by atoms with Crippen molar-refractivity contribution in [2.45, 2.75) is 218 Å². The van der Waals surface area contributed by atoms with Crippen LogP contribution in [0.25, 0.3) is 0 Å². The highest BCUT2D eigenvalue weighted by Crippen LogP contribution is 2.38. The van der Waals surface area contributed by atoms with E-state index in [0.717, 1.165) is 44.9 Å². The Bertz CT molecular complexity index is 1080. The fourth-order valence-corrected chi connectivity index (χ4v) is 7.56. The van der Waals surface area contributed by atoms with E-state index in [4.69, 9.17) is 13.8 Å². The third kappa shape index (κ3) is 49.0. The zero-order chi connectivity index (χ0) is 43.4. The first-order valence-electron chi connectivity index (χ1n) is 24.4. The molecule has 0 aromatic rings.